The Balaban J connectivity index is 1.25. The van der Waals surface area contributed by atoms with E-state index in [1.807, 2.05) is 38.1 Å². The molecule has 4 heterocycles. The average Bonchev–Trinajstić information content (AvgIpc) is 3.48. The van der Waals surface area contributed by atoms with E-state index in [0.29, 0.717) is 16.0 Å². The predicted octanol–water partition coefficient (Wildman–Crippen LogP) is 5.02. The van der Waals surface area contributed by atoms with Crippen LogP contribution in [0, 0.1) is 13.8 Å². The summed E-state index contributed by atoms with van der Waals surface area (Å²) >= 11 is 2.88. The molecular formula is C26H29N7OS2. The lowest BCUT2D eigenvalue weighted by Gasteiger charge is -2.32. The number of carbonyl (C=O) groups excluding carboxylic acids is 1. The van der Waals surface area contributed by atoms with Crippen molar-refractivity contribution < 1.29 is 4.79 Å². The first-order valence-corrected chi connectivity index (χ1v) is 13.5. The third-order valence-electron chi connectivity index (χ3n) is 6.17. The second-order valence-electron chi connectivity index (χ2n) is 8.95. The van der Waals surface area contributed by atoms with Gasteiger partial charge in [-0.3, -0.25) is 15.0 Å². The molecule has 0 atom stereocenters. The number of carbonyl (C=O) groups is 1. The van der Waals surface area contributed by atoms with E-state index < -0.39 is 0 Å². The largest absolute Gasteiger partial charge is 0.324 e. The summed E-state index contributed by atoms with van der Waals surface area (Å²) in [6.07, 6.45) is 1.74. The first-order valence-electron chi connectivity index (χ1n) is 11.9. The second kappa shape index (κ2) is 10.8. The molecule has 0 radical (unpaired) electrons. The van der Waals surface area contributed by atoms with Gasteiger partial charge in [-0.1, -0.05) is 12.1 Å². The van der Waals surface area contributed by atoms with E-state index >= 15 is 0 Å². The summed E-state index contributed by atoms with van der Waals surface area (Å²) < 4.78 is 0. The number of piperazine rings is 1. The van der Waals surface area contributed by atoms with Crippen LogP contribution in [-0.4, -0.2) is 63.9 Å². The van der Waals surface area contributed by atoms with E-state index in [1.54, 1.807) is 6.20 Å². The van der Waals surface area contributed by atoms with Crippen LogP contribution in [-0.2, 0) is 6.54 Å². The highest BCUT2D eigenvalue weighted by Gasteiger charge is 2.15. The average molecular weight is 520 g/mol. The summed E-state index contributed by atoms with van der Waals surface area (Å²) in [6, 6.07) is 14.0. The van der Waals surface area contributed by atoms with Crippen molar-refractivity contribution in [3.8, 4) is 10.6 Å². The van der Waals surface area contributed by atoms with Gasteiger partial charge in [0.25, 0.3) is 5.91 Å². The smallest absolute Gasteiger partial charge is 0.267 e. The predicted molar refractivity (Wildman–Crippen MR) is 147 cm³/mol. The number of nitrogens with zero attached hydrogens (tertiary/aromatic N) is 5. The minimum atomic E-state index is -0.162. The third kappa shape index (κ3) is 5.96. The molecule has 1 fully saturated rings. The molecule has 186 valence electrons. The maximum absolute atomic E-state index is 12.7. The van der Waals surface area contributed by atoms with Crippen molar-refractivity contribution in [3.63, 3.8) is 0 Å². The molecule has 0 unspecified atom stereocenters. The fraction of sp³-hybridized carbons (Fsp3) is 0.308. The third-order valence-corrected chi connectivity index (χ3v) is 8.27. The number of aromatic nitrogens is 3. The number of nitrogens with one attached hydrogen (secondary N) is 2. The highest BCUT2D eigenvalue weighted by Crippen LogP contribution is 2.29. The highest BCUT2D eigenvalue weighted by atomic mass is 32.1. The van der Waals surface area contributed by atoms with Crippen LogP contribution in [0.5, 0.6) is 0 Å². The Kier molecular flexibility index (Phi) is 7.38. The highest BCUT2D eigenvalue weighted by molar-refractivity contribution is 7.18. The van der Waals surface area contributed by atoms with Crippen LogP contribution in [0.1, 0.15) is 25.8 Å². The molecule has 0 saturated carbocycles. The van der Waals surface area contributed by atoms with Gasteiger partial charge in [0.05, 0.1) is 21.1 Å². The van der Waals surface area contributed by atoms with E-state index in [1.165, 1.54) is 28.2 Å². The van der Waals surface area contributed by atoms with Crippen molar-refractivity contribution in [3.05, 3.63) is 69.7 Å². The summed E-state index contributed by atoms with van der Waals surface area (Å²) in [7, 11) is 2.17. The maximum Gasteiger partial charge on any atom is 0.267 e. The van der Waals surface area contributed by atoms with E-state index in [0.717, 1.165) is 59.6 Å². The van der Waals surface area contributed by atoms with Gasteiger partial charge in [-0.2, -0.15) is 0 Å². The Bertz CT molecular complexity index is 1340. The van der Waals surface area contributed by atoms with Gasteiger partial charge in [-0.25, -0.2) is 15.0 Å². The summed E-state index contributed by atoms with van der Waals surface area (Å²) in [6.45, 7) is 9.26. The minimum absolute atomic E-state index is 0.162. The molecule has 4 aromatic rings. The quantitative estimate of drug-likeness (QED) is 0.354. The van der Waals surface area contributed by atoms with Gasteiger partial charge in [0, 0.05) is 49.5 Å². The Labute approximate surface area is 219 Å². The summed E-state index contributed by atoms with van der Waals surface area (Å²) in [5, 5.41) is 6.85. The first kappa shape index (κ1) is 24.5. The van der Waals surface area contributed by atoms with E-state index in [9.17, 15) is 4.79 Å². The topological polar surface area (TPSA) is 86.3 Å². The molecule has 10 heteroatoms. The van der Waals surface area contributed by atoms with Crippen LogP contribution in [0.3, 0.4) is 0 Å². The number of benzene rings is 1. The number of hydrogen-bond donors (Lipinski definition) is 2. The first-order chi connectivity index (χ1) is 17.4. The molecule has 1 aliphatic rings. The van der Waals surface area contributed by atoms with Gasteiger partial charge < -0.3 is 10.2 Å². The molecular weight excluding hydrogens is 490 g/mol. The summed E-state index contributed by atoms with van der Waals surface area (Å²) in [5.41, 5.74) is 3.93. The minimum Gasteiger partial charge on any atom is -0.324 e. The molecule has 3 aromatic heterocycles. The van der Waals surface area contributed by atoms with Gasteiger partial charge in [0.1, 0.15) is 0 Å². The van der Waals surface area contributed by atoms with Crippen molar-refractivity contribution in [2.24, 2.45) is 0 Å². The summed E-state index contributed by atoms with van der Waals surface area (Å²) in [4.78, 5) is 33.6. The Morgan fingerprint density at radius 2 is 1.86 bits per heavy atom. The molecule has 1 aromatic carbocycles. The van der Waals surface area contributed by atoms with Crippen LogP contribution in [0.4, 0.5) is 16.8 Å². The fourth-order valence-electron chi connectivity index (χ4n) is 3.98. The zero-order valence-corrected chi connectivity index (χ0v) is 22.2. The fourth-order valence-corrected chi connectivity index (χ4v) is 5.66. The monoisotopic (exact) mass is 519 g/mol. The van der Waals surface area contributed by atoms with Gasteiger partial charge in [0.15, 0.2) is 5.13 Å². The normalized spacial score (nSPS) is 14.6. The van der Waals surface area contributed by atoms with Gasteiger partial charge in [-0.15, -0.1) is 22.7 Å². The lowest BCUT2D eigenvalue weighted by atomic mass is 10.1. The molecule has 0 bridgehead atoms. The van der Waals surface area contributed by atoms with Crippen molar-refractivity contribution in [1.29, 1.82) is 0 Å². The van der Waals surface area contributed by atoms with Gasteiger partial charge >= 0.3 is 0 Å². The molecule has 0 spiro atoms. The van der Waals surface area contributed by atoms with Crippen LogP contribution in [0.25, 0.3) is 10.6 Å². The number of thiazole rings is 1. The molecule has 1 amide bonds. The molecule has 8 nitrogen and oxygen atoms in total. The van der Waals surface area contributed by atoms with Crippen molar-refractivity contribution in [2.75, 3.05) is 43.9 Å². The number of likely N-dealkylation sites (N-methyl/N-ethyl adjacent to an activating group) is 1. The number of rotatable bonds is 7. The Morgan fingerprint density at radius 1 is 1.03 bits per heavy atom. The van der Waals surface area contributed by atoms with Gasteiger partial charge in [-0.05, 0) is 56.8 Å². The lowest BCUT2D eigenvalue weighted by Crippen LogP contribution is -2.43. The molecule has 1 aliphatic heterocycles. The number of anilines is 3. The zero-order valence-electron chi connectivity index (χ0n) is 20.6. The maximum atomic E-state index is 12.7. The number of aryl methyl sites for hydroxylation is 2. The lowest BCUT2D eigenvalue weighted by molar-refractivity contribution is 0.103. The van der Waals surface area contributed by atoms with Crippen molar-refractivity contribution in [2.45, 2.75) is 20.4 Å². The SMILES string of the molecule is Cc1nc(NC(=O)c2ccc(-c3ccnc(Nc4cccc(CN5CCN(C)CC5)c4)n3)s2)sc1C. The Hall–Kier alpha value is -3.18. The van der Waals surface area contributed by atoms with Crippen molar-refractivity contribution >= 4 is 45.3 Å². The van der Waals surface area contributed by atoms with Crippen molar-refractivity contribution in [1.82, 2.24) is 24.8 Å². The molecule has 2 N–H and O–H groups in total. The number of hydrogen-bond acceptors (Lipinski definition) is 9. The van der Waals surface area contributed by atoms with Gasteiger partial charge in [0.2, 0.25) is 5.95 Å². The molecule has 36 heavy (non-hydrogen) atoms. The van der Waals surface area contributed by atoms with Crippen LogP contribution in [0.15, 0.2) is 48.7 Å². The van der Waals surface area contributed by atoms with E-state index in [2.05, 4.69) is 55.6 Å². The van der Waals surface area contributed by atoms with Crippen LogP contribution in [0.2, 0.25) is 0 Å². The molecule has 0 aliphatic carbocycles. The number of amides is 1. The Morgan fingerprint density at radius 3 is 2.64 bits per heavy atom. The van der Waals surface area contributed by atoms with Crippen LogP contribution < -0.4 is 10.6 Å². The number of thiophene rings is 1. The second-order valence-corrected chi connectivity index (χ2v) is 11.2. The van der Waals surface area contributed by atoms with E-state index in [-0.39, 0.29) is 5.91 Å². The molecule has 1 saturated heterocycles. The van der Waals surface area contributed by atoms with Crippen LogP contribution >= 0.6 is 22.7 Å². The van der Waals surface area contributed by atoms with E-state index in [4.69, 9.17) is 4.98 Å². The standard InChI is InChI=1S/C26H29N7OS2/c1-17-18(2)35-26(28-17)31-24(34)23-8-7-22(36-23)21-9-10-27-25(30-21)29-20-6-4-5-19(15-20)16-33-13-11-32(3)12-14-33/h4-10,15H,11-14,16H2,1-3H3,(H,27,29,30)(H,28,31,34). The molecule has 5 rings (SSSR count). The summed E-state index contributed by atoms with van der Waals surface area (Å²) in [5.74, 6) is 0.363. The zero-order chi connectivity index (χ0) is 25.1.